The predicted molar refractivity (Wildman–Crippen MR) is 92.3 cm³/mol. The second kappa shape index (κ2) is 10.5. The van der Waals surface area contributed by atoms with E-state index in [4.69, 9.17) is 19.0 Å². The minimum atomic E-state index is -2.64. The highest BCUT2D eigenvalue weighted by atomic mass is 28.4. The Balaban J connectivity index is 2.49. The molecule has 0 aliphatic heterocycles. The lowest BCUT2D eigenvalue weighted by molar-refractivity contribution is 0.108. The lowest BCUT2D eigenvalue weighted by atomic mass is 10.2. The highest BCUT2D eigenvalue weighted by Gasteiger charge is 2.46. The van der Waals surface area contributed by atoms with E-state index in [1.54, 1.807) is 21.3 Å². The van der Waals surface area contributed by atoms with Crippen molar-refractivity contribution in [2.45, 2.75) is 18.4 Å². The topological polar surface area (TPSA) is 65.7 Å². The molecule has 3 N–H and O–H groups in total. The summed E-state index contributed by atoms with van der Waals surface area (Å²) in [5.41, 5.74) is 7.08. The lowest BCUT2D eigenvalue weighted by Gasteiger charge is -2.32. The standard InChI is InChI=1S/C16H28N2O3Si/c1-19-22(20-2,21-3)16(9-12-17)11-14-18-13-10-15-7-5-4-6-8-15/h4-8,10,13,16,18H,9,11-12,14,17H2,1-3H3. The first-order chi connectivity index (χ1) is 10.7. The van der Waals surface area contributed by atoms with Crippen molar-refractivity contribution in [3.05, 3.63) is 42.1 Å². The van der Waals surface area contributed by atoms with E-state index >= 15 is 0 Å². The van der Waals surface area contributed by atoms with Gasteiger partial charge in [-0.25, -0.2) is 0 Å². The molecule has 0 saturated carbocycles. The molecule has 5 nitrogen and oxygen atoms in total. The number of nitrogens with one attached hydrogen (secondary N) is 1. The van der Waals surface area contributed by atoms with Crippen molar-refractivity contribution in [3.63, 3.8) is 0 Å². The Labute approximate surface area is 134 Å². The molecule has 0 aliphatic rings. The molecule has 0 heterocycles. The Hall–Kier alpha value is -1.18. The van der Waals surface area contributed by atoms with E-state index < -0.39 is 8.80 Å². The highest BCUT2D eigenvalue weighted by molar-refractivity contribution is 6.62. The smallest absolute Gasteiger partial charge is 0.391 e. The summed E-state index contributed by atoms with van der Waals surface area (Å²) < 4.78 is 16.7. The van der Waals surface area contributed by atoms with Crippen LogP contribution in [0.15, 0.2) is 36.5 Å². The van der Waals surface area contributed by atoms with Crippen LogP contribution in [0.2, 0.25) is 5.54 Å². The lowest BCUT2D eigenvalue weighted by Crippen LogP contribution is -2.48. The molecule has 0 aliphatic carbocycles. The maximum absolute atomic E-state index is 5.72. The summed E-state index contributed by atoms with van der Waals surface area (Å²) in [5, 5.41) is 3.30. The molecule has 0 amide bonds. The van der Waals surface area contributed by atoms with Gasteiger partial charge in [-0.3, -0.25) is 0 Å². The number of hydrogen-bond acceptors (Lipinski definition) is 5. The van der Waals surface area contributed by atoms with Gasteiger partial charge in [-0.2, -0.15) is 0 Å². The van der Waals surface area contributed by atoms with Gasteiger partial charge < -0.3 is 24.3 Å². The zero-order chi connectivity index (χ0) is 16.3. The monoisotopic (exact) mass is 324 g/mol. The summed E-state index contributed by atoms with van der Waals surface area (Å²) in [6, 6.07) is 10.2. The van der Waals surface area contributed by atoms with Gasteiger partial charge in [-0.15, -0.1) is 0 Å². The quantitative estimate of drug-likeness (QED) is 0.483. The number of rotatable bonds is 11. The third kappa shape index (κ3) is 5.55. The molecule has 124 valence electrons. The Morgan fingerprint density at radius 2 is 1.73 bits per heavy atom. The Kier molecular flexibility index (Phi) is 9.03. The van der Waals surface area contributed by atoms with Gasteiger partial charge in [-0.05, 0) is 37.2 Å². The second-order valence-corrected chi connectivity index (χ2v) is 8.23. The third-order valence-electron chi connectivity index (χ3n) is 3.70. The Morgan fingerprint density at radius 3 is 2.27 bits per heavy atom. The van der Waals surface area contributed by atoms with Crippen molar-refractivity contribution in [2.75, 3.05) is 34.4 Å². The summed E-state index contributed by atoms with van der Waals surface area (Å²) in [6.45, 7) is 1.41. The summed E-state index contributed by atoms with van der Waals surface area (Å²) >= 11 is 0. The molecular weight excluding hydrogens is 296 g/mol. The van der Waals surface area contributed by atoms with Crippen LogP contribution in [0.5, 0.6) is 0 Å². The first kappa shape index (κ1) is 18.9. The minimum Gasteiger partial charge on any atom is -0.391 e. The van der Waals surface area contributed by atoms with E-state index in [1.807, 2.05) is 30.5 Å². The van der Waals surface area contributed by atoms with Crippen LogP contribution in [0.1, 0.15) is 18.4 Å². The summed E-state index contributed by atoms with van der Waals surface area (Å²) in [6.07, 6.45) is 5.72. The molecule has 1 unspecified atom stereocenters. The van der Waals surface area contributed by atoms with Crippen molar-refractivity contribution in [2.24, 2.45) is 5.73 Å². The van der Waals surface area contributed by atoms with Gasteiger partial charge in [0.15, 0.2) is 0 Å². The SMILES string of the molecule is CO[Si](OC)(OC)C(CCN)CCNC=Cc1ccccc1. The normalized spacial score (nSPS) is 13.5. The van der Waals surface area contributed by atoms with Crippen molar-refractivity contribution in [3.8, 4) is 0 Å². The average Bonchev–Trinajstić information content (AvgIpc) is 2.57. The van der Waals surface area contributed by atoms with Gasteiger partial charge in [0.25, 0.3) is 0 Å². The molecule has 1 aromatic rings. The van der Waals surface area contributed by atoms with Crippen molar-refractivity contribution in [1.29, 1.82) is 0 Å². The average molecular weight is 324 g/mol. The fourth-order valence-corrected chi connectivity index (χ4v) is 5.03. The van der Waals surface area contributed by atoms with E-state index in [0.29, 0.717) is 6.54 Å². The first-order valence-corrected chi connectivity index (χ1v) is 9.33. The summed E-state index contributed by atoms with van der Waals surface area (Å²) in [5.74, 6) is 0. The summed E-state index contributed by atoms with van der Waals surface area (Å²) in [4.78, 5) is 0. The molecule has 0 aromatic heterocycles. The first-order valence-electron chi connectivity index (χ1n) is 7.53. The zero-order valence-electron chi connectivity index (χ0n) is 13.7. The molecule has 0 saturated heterocycles. The van der Waals surface area contributed by atoms with Crippen LogP contribution in [0, 0.1) is 0 Å². The molecule has 1 rings (SSSR count). The van der Waals surface area contributed by atoms with Crippen LogP contribution in [-0.2, 0) is 13.3 Å². The number of hydrogen-bond donors (Lipinski definition) is 2. The predicted octanol–water partition coefficient (Wildman–Crippen LogP) is 2.23. The van der Waals surface area contributed by atoms with Gasteiger partial charge in [0.2, 0.25) is 0 Å². The fraction of sp³-hybridized carbons (Fsp3) is 0.500. The van der Waals surface area contributed by atoms with Gasteiger partial charge >= 0.3 is 8.80 Å². The highest BCUT2D eigenvalue weighted by Crippen LogP contribution is 2.30. The molecule has 0 spiro atoms. The molecule has 22 heavy (non-hydrogen) atoms. The minimum absolute atomic E-state index is 0.190. The third-order valence-corrected chi connectivity index (χ3v) is 6.98. The van der Waals surface area contributed by atoms with Crippen LogP contribution < -0.4 is 11.1 Å². The van der Waals surface area contributed by atoms with Crippen molar-refractivity contribution in [1.82, 2.24) is 5.32 Å². The van der Waals surface area contributed by atoms with E-state index in [0.717, 1.165) is 19.4 Å². The molecule has 0 fully saturated rings. The van der Waals surface area contributed by atoms with Crippen LogP contribution >= 0.6 is 0 Å². The molecule has 0 bridgehead atoms. The molecule has 6 heteroatoms. The van der Waals surface area contributed by atoms with E-state index in [2.05, 4.69) is 17.4 Å². The van der Waals surface area contributed by atoms with Crippen LogP contribution in [0.25, 0.3) is 6.08 Å². The van der Waals surface area contributed by atoms with Gasteiger partial charge in [0.1, 0.15) is 0 Å². The van der Waals surface area contributed by atoms with Crippen LogP contribution in [-0.4, -0.2) is 43.2 Å². The van der Waals surface area contributed by atoms with E-state index in [-0.39, 0.29) is 5.54 Å². The Bertz CT molecular complexity index is 416. The van der Waals surface area contributed by atoms with Crippen LogP contribution in [0.4, 0.5) is 0 Å². The van der Waals surface area contributed by atoms with E-state index in [9.17, 15) is 0 Å². The molecule has 1 atom stereocenters. The summed E-state index contributed by atoms with van der Waals surface area (Å²) in [7, 11) is 2.30. The maximum Gasteiger partial charge on any atom is 0.503 e. The van der Waals surface area contributed by atoms with Gasteiger partial charge in [0.05, 0.1) is 0 Å². The largest absolute Gasteiger partial charge is 0.503 e. The van der Waals surface area contributed by atoms with Crippen LogP contribution in [0.3, 0.4) is 0 Å². The Morgan fingerprint density at radius 1 is 1.09 bits per heavy atom. The number of benzene rings is 1. The van der Waals surface area contributed by atoms with Gasteiger partial charge in [0, 0.05) is 33.4 Å². The molecule has 1 aromatic carbocycles. The van der Waals surface area contributed by atoms with Crippen molar-refractivity contribution >= 4 is 14.9 Å². The molecule has 0 radical (unpaired) electrons. The fourth-order valence-electron chi connectivity index (χ4n) is 2.51. The zero-order valence-corrected chi connectivity index (χ0v) is 14.7. The van der Waals surface area contributed by atoms with Crippen molar-refractivity contribution < 1.29 is 13.3 Å². The number of nitrogens with two attached hydrogens (primary N) is 1. The van der Waals surface area contributed by atoms with E-state index in [1.165, 1.54) is 5.56 Å². The molecular formula is C16H28N2O3Si. The van der Waals surface area contributed by atoms with Gasteiger partial charge in [-0.1, -0.05) is 30.3 Å². The maximum atomic E-state index is 5.72. The second-order valence-electron chi connectivity index (χ2n) is 4.98.